The van der Waals surface area contributed by atoms with E-state index in [0.717, 1.165) is 12.1 Å². The van der Waals surface area contributed by atoms with Crippen LogP contribution in [0.1, 0.15) is 6.04 Å². The lowest BCUT2D eigenvalue weighted by atomic mass is 10.1. The monoisotopic (exact) mass is 371 g/mol. The van der Waals surface area contributed by atoms with E-state index < -0.39 is 21.7 Å². The van der Waals surface area contributed by atoms with Crippen LogP contribution in [0.5, 0.6) is 0 Å². The van der Waals surface area contributed by atoms with Gasteiger partial charge in [-0.3, -0.25) is 0 Å². The molecule has 136 valence electrons. The Morgan fingerprint density at radius 1 is 1.32 bits per heavy atom. The molecule has 9 heteroatoms. The minimum atomic E-state index is -3.40. The number of aromatic nitrogens is 2. The number of hydrogen-bond acceptors (Lipinski definition) is 4. The summed E-state index contributed by atoms with van der Waals surface area (Å²) in [5.41, 5.74) is 0.160. The molecule has 1 saturated heterocycles. The van der Waals surface area contributed by atoms with E-state index in [0.29, 0.717) is 19.0 Å². The number of hydrogen-bond donors (Lipinski definition) is 0. The van der Waals surface area contributed by atoms with Gasteiger partial charge in [0, 0.05) is 38.5 Å². The summed E-state index contributed by atoms with van der Waals surface area (Å²) < 4.78 is 60.0. The van der Waals surface area contributed by atoms with Crippen molar-refractivity contribution in [2.75, 3.05) is 33.1 Å². The zero-order valence-corrected chi connectivity index (χ0v) is 14.7. The summed E-state index contributed by atoms with van der Waals surface area (Å²) in [6.07, 6.45) is 3.17. The molecular weight excluding hydrogens is 352 g/mol. The molecule has 0 spiro atoms. The van der Waals surface area contributed by atoms with Crippen LogP contribution in [0, 0.1) is 17.6 Å². The summed E-state index contributed by atoms with van der Waals surface area (Å²) in [7, 11) is -0.435. The SMILES string of the molecule is CN(C)S(=O)(=O)C[C@@H]1COC[C@H]1n1ccnc1-c1ccc(F)cc1F. The van der Waals surface area contributed by atoms with Crippen LogP contribution in [0.2, 0.25) is 0 Å². The third-order valence-electron chi connectivity index (χ3n) is 4.34. The predicted octanol–water partition coefficient (Wildman–Crippen LogP) is 1.91. The maximum Gasteiger partial charge on any atom is 0.214 e. The van der Waals surface area contributed by atoms with Crippen LogP contribution in [-0.4, -0.2) is 55.3 Å². The molecule has 1 fully saturated rings. The van der Waals surface area contributed by atoms with Gasteiger partial charge in [0.1, 0.15) is 17.5 Å². The molecule has 0 amide bonds. The van der Waals surface area contributed by atoms with Gasteiger partial charge >= 0.3 is 0 Å². The largest absolute Gasteiger partial charge is 0.379 e. The second kappa shape index (κ2) is 6.81. The molecule has 2 atom stereocenters. The summed E-state index contributed by atoms with van der Waals surface area (Å²) in [5, 5.41) is 0. The molecule has 0 radical (unpaired) electrons. The third-order valence-corrected chi connectivity index (χ3v) is 6.31. The van der Waals surface area contributed by atoms with Gasteiger partial charge < -0.3 is 9.30 Å². The average molecular weight is 371 g/mol. The topological polar surface area (TPSA) is 64.4 Å². The number of sulfonamides is 1. The second-order valence-electron chi connectivity index (χ2n) is 6.21. The van der Waals surface area contributed by atoms with Crippen LogP contribution in [0.3, 0.4) is 0 Å². The van der Waals surface area contributed by atoms with Crippen LogP contribution in [0.15, 0.2) is 30.6 Å². The van der Waals surface area contributed by atoms with Crippen molar-refractivity contribution in [2.24, 2.45) is 5.92 Å². The van der Waals surface area contributed by atoms with Crippen molar-refractivity contribution in [2.45, 2.75) is 6.04 Å². The molecule has 0 aliphatic carbocycles. The maximum absolute atomic E-state index is 14.1. The van der Waals surface area contributed by atoms with Gasteiger partial charge in [-0.15, -0.1) is 0 Å². The molecular formula is C16H19F2N3O3S. The Morgan fingerprint density at radius 2 is 2.08 bits per heavy atom. The van der Waals surface area contributed by atoms with Gasteiger partial charge in [-0.05, 0) is 12.1 Å². The van der Waals surface area contributed by atoms with Crippen molar-refractivity contribution >= 4 is 10.0 Å². The zero-order valence-electron chi connectivity index (χ0n) is 13.9. The first-order valence-electron chi connectivity index (χ1n) is 7.76. The van der Waals surface area contributed by atoms with Crippen LogP contribution in [-0.2, 0) is 14.8 Å². The Bertz CT molecular complexity index is 867. The predicted molar refractivity (Wildman–Crippen MR) is 88.4 cm³/mol. The Balaban J connectivity index is 1.93. The number of imidazole rings is 1. The molecule has 2 aromatic rings. The highest BCUT2D eigenvalue weighted by atomic mass is 32.2. The van der Waals surface area contributed by atoms with Crippen molar-refractivity contribution in [3.05, 3.63) is 42.2 Å². The molecule has 6 nitrogen and oxygen atoms in total. The van der Waals surface area contributed by atoms with Gasteiger partial charge in [-0.25, -0.2) is 26.5 Å². The minimum Gasteiger partial charge on any atom is -0.379 e. The molecule has 0 saturated carbocycles. The van der Waals surface area contributed by atoms with Crippen LogP contribution < -0.4 is 0 Å². The molecule has 0 bridgehead atoms. The number of nitrogens with zero attached hydrogens (tertiary/aromatic N) is 3. The van der Waals surface area contributed by atoms with E-state index in [-0.39, 0.29) is 23.3 Å². The number of benzene rings is 1. The molecule has 1 aliphatic heterocycles. The van der Waals surface area contributed by atoms with Crippen molar-refractivity contribution in [3.63, 3.8) is 0 Å². The Morgan fingerprint density at radius 3 is 2.76 bits per heavy atom. The summed E-state index contributed by atoms with van der Waals surface area (Å²) in [6, 6.07) is 2.99. The van der Waals surface area contributed by atoms with E-state index in [1.807, 2.05) is 0 Å². The smallest absolute Gasteiger partial charge is 0.214 e. The highest BCUT2D eigenvalue weighted by Crippen LogP contribution is 2.32. The third kappa shape index (κ3) is 3.58. The highest BCUT2D eigenvalue weighted by molar-refractivity contribution is 7.89. The first kappa shape index (κ1) is 18.0. The van der Waals surface area contributed by atoms with E-state index in [1.54, 1.807) is 10.8 Å². The Kier molecular flexibility index (Phi) is 4.90. The number of halogens is 2. The number of ether oxygens (including phenoxy) is 1. The normalized spacial score (nSPS) is 21.2. The van der Waals surface area contributed by atoms with Crippen molar-refractivity contribution in [3.8, 4) is 11.4 Å². The summed E-state index contributed by atoms with van der Waals surface area (Å²) >= 11 is 0. The van der Waals surface area contributed by atoms with Gasteiger partial charge in [0.25, 0.3) is 0 Å². The van der Waals surface area contributed by atoms with Crippen molar-refractivity contribution < 1.29 is 21.9 Å². The van der Waals surface area contributed by atoms with E-state index in [9.17, 15) is 17.2 Å². The van der Waals surface area contributed by atoms with E-state index in [4.69, 9.17) is 4.74 Å². The molecule has 0 unspecified atom stereocenters. The minimum absolute atomic E-state index is 0.0752. The van der Waals surface area contributed by atoms with Crippen molar-refractivity contribution in [1.29, 1.82) is 0 Å². The fourth-order valence-corrected chi connectivity index (χ4v) is 4.09. The molecule has 25 heavy (non-hydrogen) atoms. The van der Waals surface area contributed by atoms with Crippen LogP contribution in [0.25, 0.3) is 11.4 Å². The van der Waals surface area contributed by atoms with Gasteiger partial charge in [-0.1, -0.05) is 0 Å². The van der Waals surface area contributed by atoms with E-state index >= 15 is 0 Å². The van der Waals surface area contributed by atoms with E-state index in [2.05, 4.69) is 4.98 Å². The molecule has 2 heterocycles. The molecule has 1 aromatic carbocycles. The van der Waals surface area contributed by atoms with E-state index in [1.165, 1.54) is 30.7 Å². The standard InChI is InChI=1S/C16H19F2N3O3S/c1-20(2)25(22,23)10-11-8-24-9-15(11)21-6-5-19-16(21)13-4-3-12(17)7-14(13)18/h3-7,11,15H,8-10H2,1-2H3/t11-,15+/m0/s1. The summed E-state index contributed by atoms with van der Waals surface area (Å²) in [6.45, 7) is 0.598. The first-order chi connectivity index (χ1) is 11.8. The molecule has 3 rings (SSSR count). The lowest BCUT2D eigenvalue weighted by Crippen LogP contribution is -2.32. The Labute approximate surface area is 145 Å². The molecule has 1 aliphatic rings. The Hall–Kier alpha value is -1.84. The van der Waals surface area contributed by atoms with Crippen LogP contribution in [0.4, 0.5) is 8.78 Å². The number of rotatable bonds is 5. The van der Waals surface area contributed by atoms with Crippen molar-refractivity contribution in [1.82, 2.24) is 13.9 Å². The second-order valence-corrected chi connectivity index (χ2v) is 8.44. The lowest BCUT2D eigenvalue weighted by Gasteiger charge is -2.22. The molecule has 1 aromatic heterocycles. The zero-order chi connectivity index (χ0) is 18.2. The fourth-order valence-electron chi connectivity index (χ4n) is 2.93. The summed E-state index contributed by atoms with van der Waals surface area (Å²) in [5.74, 6) is -1.43. The summed E-state index contributed by atoms with van der Waals surface area (Å²) in [4.78, 5) is 4.17. The van der Waals surface area contributed by atoms with Gasteiger partial charge in [0.2, 0.25) is 10.0 Å². The maximum atomic E-state index is 14.1. The highest BCUT2D eigenvalue weighted by Gasteiger charge is 2.35. The van der Waals surface area contributed by atoms with Crippen LogP contribution >= 0.6 is 0 Å². The molecule has 0 N–H and O–H groups in total. The first-order valence-corrected chi connectivity index (χ1v) is 9.36. The quantitative estimate of drug-likeness (QED) is 0.805. The van der Waals surface area contributed by atoms with Gasteiger partial charge in [-0.2, -0.15) is 0 Å². The fraction of sp³-hybridized carbons (Fsp3) is 0.438. The average Bonchev–Trinajstić information content (AvgIpc) is 3.15. The van der Waals surface area contributed by atoms with Gasteiger partial charge in [0.05, 0.1) is 30.6 Å². The lowest BCUT2D eigenvalue weighted by molar-refractivity contribution is 0.182. The van der Waals surface area contributed by atoms with Gasteiger partial charge in [0.15, 0.2) is 0 Å².